The molecule has 53 heavy (non-hydrogen) atoms. The number of aryl methyl sites for hydroxylation is 1. The largest absolute Gasteiger partial charge is 0.507 e. The molecule has 1 aliphatic carbocycles. The fourth-order valence-electron chi connectivity index (χ4n) is 6.26. The number of methoxy groups -OCH3 is 1. The number of aromatic hydroxyl groups is 2. The minimum atomic E-state index is -2.45. The first-order chi connectivity index (χ1) is 24.6. The molecule has 13 nitrogen and oxygen atoms in total. The summed E-state index contributed by atoms with van der Waals surface area (Å²) in [6.45, 7) is 14.0. The van der Waals surface area contributed by atoms with Gasteiger partial charge in [-0.05, 0) is 134 Å². The summed E-state index contributed by atoms with van der Waals surface area (Å²) < 4.78 is 21.9. The minimum Gasteiger partial charge on any atom is -0.507 e. The van der Waals surface area contributed by atoms with Crippen LogP contribution in [-0.2, 0) is 20.7 Å². The van der Waals surface area contributed by atoms with E-state index in [1.54, 1.807) is 34.6 Å². The van der Waals surface area contributed by atoms with Crippen LogP contribution in [0.4, 0.5) is 0 Å². The van der Waals surface area contributed by atoms with Crippen molar-refractivity contribution in [2.24, 2.45) is 0 Å². The van der Waals surface area contributed by atoms with E-state index in [1.165, 1.54) is 40.9 Å². The highest BCUT2D eigenvalue weighted by Crippen LogP contribution is 2.45. The number of rotatable bonds is 9. The second kappa shape index (κ2) is 14.9. The van der Waals surface area contributed by atoms with Crippen molar-refractivity contribution in [1.29, 1.82) is 0 Å². The number of phenolic OH excluding ortho intramolecular Hbond substituents is 2. The standard InChI is InChI=1S/C39H39BrO13/c1-11-24-25(12-15(2)27(31(24)42)36(46)52-33-20(7)17(4)28(35(44)45)18(5)21(33)8)51-37(47)29-19(6)22(9)34(30(40)32(29)43)53-38(48)39(49)16(3)13-23(41)14-26(39)50-10/h12-14,42-43,49H,11H2,1-10H3,(H,44,45)/t39-/m1/s1. The highest BCUT2D eigenvalue weighted by atomic mass is 79.9. The zero-order chi connectivity index (χ0) is 40.0. The molecular weight excluding hydrogens is 756 g/mol. The number of aromatic carboxylic acids is 1. The quantitative estimate of drug-likeness (QED) is 0.137. The van der Waals surface area contributed by atoms with Crippen LogP contribution in [-0.4, -0.2) is 62.8 Å². The number of halogens is 1. The second-order valence-electron chi connectivity index (χ2n) is 12.7. The van der Waals surface area contributed by atoms with E-state index in [0.717, 1.165) is 12.2 Å². The Hall–Kier alpha value is -5.47. The van der Waals surface area contributed by atoms with E-state index in [0.29, 0.717) is 22.3 Å². The van der Waals surface area contributed by atoms with E-state index in [9.17, 15) is 44.4 Å². The molecule has 0 spiro atoms. The van der Waals surface area contributed by atoms with E-state index in [4.69, 9.17) is 18.9 Å². The average Bonchev–Trinajstić information content (AvgIpc) is 3.08. The van der Waals surface area contributed by atoms with E-state index in [1.807, 2.05) is 0 Å². The van der Waals surface area contributed by atoms with E-state index >= 15 is 0 Å². The smallest absolute Gasteiger partial charge is 0.356 e. The zero-order valence-electron chi connectivity index (χ0n) is 30.8. The molecule has 280 valence electrons. The summed E-state index contributed by atoms with van der Waals surface area (Å²) in [5.74, 6) is -6.51. The molecule has 0 bridgehead atoms. The number of ether oxygens (including phenoxy) is 4. The molecule has 0 aliphatic heterocycles. The van der Waals surface area contributed by atoms with Crippen LogP contribution in [0, 0.1) is 48.5 Å². The van der Waals surface area contributed by atoms with Crippen LogP contribution < -0.4 is 14.2 Å². The molecule has 0 aromatic heterocycles. The first kappa shape index (κ1) is 40.3. The number of hydrogen-bond acceptors (Lipinski definition) is 12. The van der Waals surface area contributed by atoms with Gasteiger partial charge in [0, 0.05) is 11.6 Å². The molecule has 4 rings (SSSR count). The van der Waals surface area contributed by atoms with Gasteiger partial charge in [-0.15, -0.1) is 0 Å². The number of carboxylic acid groups (broad SMARTS) is 1. The summed E-state index contributed by atoms with van der Waals surface area (Å²) in [5, 5.41) is 43.5. The topological polar surface area (TPSA) is 203 Å². The maximum Gasteiger partial charge on any atom is 0.356 e. The summed E-state index contributed by atoms with van der Waals surface area (Å²) >= 11 is 3.18. The van der Waals surface area contributed by atoms with Gasteiger partial charge < -0.3 is 39.4 Å². The summed E-state index contributed by atoms with van der Waals surface area (Å²) in [6, 6.07) is 1.37. The number of esters is 3. The first-order valence-corrected chi connectivity index (χ1v) is 17.0. The van der Waals surface area contributed by atoms with Crippen molar-refractivity contribution >= 4 is 45.6 Å². The van der Waals surface area contributed by atoms with Crippen molar-refractivity contribution in [3.63, 3.8) is 0 Å². The van der Waals surface area contributed by atoms with Gasteiger partial charge in [-0.3, -0.25) is 4.79 Å². The normalized spacial score (nSPS) is 15.4. The number of ketones is 1. The van der Waals surface area contributed by atoms with E-state index in [-0.39, 0.29) is 78.4 Å². The number of carbonyl (C=O) groups excluding carboxylic acids is 4. The molecule has 4 N–H and O–H groups in total. The fraction of sp³-hybridized carbons (Fsp3) is 0.308. The molecule has 0 radical (unpaired) electrons. The molecule has 1 aliphatic rings. The van der Waals surface area contributed by atoms with Gasteiger partial charge in [-0.2, -0.15) is 0 Å². The van der Waals surface area contributed by atoms with Crippen LogP contribution in [0.1, 0.15) is 89.4 Å². The molecule has 0 saturated carbocycles. The Kier molecular flexibility index (Phi) is 11.3. The van der Waals surface area contributed by atoms with E-state index < -0.39 is 46.8 Å². The Bertz CT molecular complexity index is 2150. The lowest BCUT2D eigenvalue weighted by Crippen LogP contribution is -2.47. The first-order valence-electron chi connectivity index (χ1n) is 16.2. The summed E-state index contributed by atoms with van der Waals surface area (Å²) in [6.07, 6.45) is 2.10. The van der Waals surface area contributed by atoms with Crippen molar-refractivity contribution in [2.45, 2.75) is 74.3 Å². The van der Waals surface area contributed by atoms with Crippen LogP contribution in [0.25, 0.3) is 0 Å². The van der Waals surface area contributed by atoms with Gasteiger partial charge in [0.25, 0.3) is 0 Å². The van der Waals surface area contributed by atoms with Gasteiger partial charge in [0.2, 0.25) is 5.60 Å². The van der Waals surface area contributed by atoms with Crippen LogP contribution in [0.2, 0.25) is 0 Å². The van der Waals surface area contributed by atoms with Gasteiger partial charge >= 0.3 is 23.9 Å². The lowest BCUT2D eigenvalue weighted by atomic mass is 9.87. The van der Waals surface area contributed by atoms with Crippen LogP contribution in [0.3, 0.4) is 0 Å². The number of benzene rings is 3. The monoisotopic (exact) mass is 794 g/mol. The molecule has 0 heterocycles. The van der Waals surface area contributed by atoms with Gasteiger partial charge in [0.05, 0.1) is 12.7 Å². The molecule has 0 fully saturated rings. The molecular formula is C39H39BrO13. The Morgan fingerprint density at radius 2 is 1.26 bits per heavy atom. The molecule has 3 aromatic rings. The summed E-state index contributed by atoms with van der Waals surface area (Å²) in [7, 11) is 1.17. The number of phenols is 2. The Morgan fingerprint density at radius 3 is 1.79 bits per heavy atom. The highest BCUT2D eigenvalue weighted by Gasteiger charge is 2.48. The highest BCUT2D eigenvalue weighted by molar-refractivity contribution is 9.10. The Labute approximate surface area is 313 Å². The predicted octanol–water partition coefficient (Wildman–Crippen LogP) is 6.41. The molecule has 3 aromatic carbocycles. The average molecular weight is 796 g/mol. The summed E-state index contributed by atoms with van der Waals surface area (Å²) in [4.78, 5) is 64.4. The summed E-state index contributed by atoms with van der Waals surface area (Å²) in [5.41, 5.74) is -0.542. The number of aliphatic hydroxyl groups is 1. The molecule has 0 amide bonds. The van der Waals surface area contributed by atoms with Crippen molar-refractivity contribution < 1.29 is 63.3 Å². The van der Waals surface area contributed by atoms with Crippen molar-refractivity contribution in [1.82, 2.24) is 0 Å². The third-order valence-corrected chi connectivity index (χ3v) is 10.4. The Balaban J connectivity index is 1.69. The van der Waals surface area contributed by atoms with Gasteiger partial charge in [0.1, 0.15) is 44.4 Å². The number of hydrogen-bond donors (Lipinski definition) is 4. The lowest BCUT2D eigenvalue weighted by Gasteiger charge is -2.30. The number of allylic oxidation sites excluding steroid dienone is 2. The van der Waals surface area contributed by atoms with Crippen LogP contribution in [0.15, 0.2) is 34.0 Å². The molecule has 0 saturated heterocycles. The Morgan fingerprint density at radius 1 is 0.736 bits per heavy atom. The van der Waals surface area contributed by atoms with Crippen molar-refractivity contribution in [2.75, 3.05) is 7.11 Å². The minimum absolute atomic E-state index is 0.0591. The van der Waals surface area contributed by atoms with Gasteiger partial charge in [-0.1, -0.05) is 6.92 Å². The third kappa shape index (κ3) is 6.79. The third-order valence-electron chi connectivity index (χ3n) is 9.68. The van der Waals surface area contributed by atoms with Crippen LogP contribution >= 0.6 is 15.9 Å². The van der Waals surface area contributed by atoms with Crippen molar-refractivity contribution in [3.8, 4) is 28.7 Å². The fourth-order valence-corrected chi connectivity index (χ4v) is 6.83. The van der Waals surface area contributed by atoms with Crippen LogP contribution in [0.5, 0.6) is 28.7 Å². The maximum atomic E-state index is 13.7. The predicted molar refractivity (Wildman–Crippen MR) is 194 cm³/mol. The van der Waals surface area contributed by atoms with E-state index in [2.05, 4.69) is 15.9 Å². The molecule has 1 atom stereocenters. The maximum absolute atomic E-state index is 13.7. The second-order valence-corrected chi connectivity index (χ2v) is 13.5. The van der Waals surface area contributed by atoms with Crippen molar-refractivity contribution in [3.05, 3.63) is 95.2 Å². The zero-order valence-corrected chi connectivity index (χ0v) is 32.4. The lowest BCUT2D eigenvalue weighted by molar-refractivity contribution is -0.151. The molecule has 0 unspecified atom stereocenters. The number of carbonyl (C=O) groups is 5. The molecule has 14 heteroatoms. The van der Waals surface area contributed by atoms with Gasteiger partial charge in [-0.25, -0.2) is 19.2 Å². The SMILES string of the molecule is CCc1c(OC(=O)c2c(C)c(C)c(OC(=O)[C@@]3(O)C(C)=CC(=O)C=C3OC)c(Br)c2O)cc(C)c(C(=O)Oc2c(C)c(C)c(C(=O)O)c(C)c2C)c1O. The van der Waals surface area contributed by atoms with Gasteiger partial charge in [0.15, 0.2) is 11.5 Å². The number of carboxylic acids is 1.